The van der Waals surface area contributed by atoms with Gasteiger partial charge in [0, 0.05) is 50.4 Å². The molecule has 9 nitrogen and oxygen atoms in total. The van der Waals surface area contributed by atoms with Crippen molar-refractivity contribution in [3.8, 4) is 11.5 Å². The number of hydrogen-bond acceptors (Lipinski definition) is 9. The largest absolute Gasteiger partial charge is 0.493 e. The molecule has 0 radical (unpaired) electrons. The van der Waals surface area contributed by atoms with E-state index < -0.39 is 5.82 Å². The van der Waals surface area contributed by atoms with Gasteiger partial charge in [-0.3, -0.25) is 9.69 Å². The van der Waals surface area contributed by atoms with Crippen molar-refractivity contribution in [2.75, 3.05) is 52.4 Å². The maximum Gasteiger partial charge on any atom is 0.320 e. The third kappa shape index (κ3) is 6.51. The van der Waals surface area contributed by atoms with E-state index in [0.717, 1.165) is 0 Å². The third-order valence-electron chi connectivity index (χ3n) is 5.74. The first-order valence-electron chi connectivity index (χ1n) is 11.5. The highest BCUT2D eigenvalue weighted by molar-refractivity contribution is 6.31. The average molecular weight is 519 g/mol. The topological polar surface area (TPSA) is 95.0 Å². The second-order valence-corrected chi connectivity index (χ2v) is 8.73. The van der Waals surface area contributed by atoms with Gasteiger partial charge in [0.15, 0.2) is 11.5 Å². The highest BCUT2D eigenvalue weighted by Gasteiger charge is 2.26. The Bertz CT molecular complexity index is 1210. The van der Waals surface area contributed by atoms with Crippen LogP contribution >= 0.6 is 11.6 Å². The molecule has 1 aliphatic heterocycles. The number of cyclic esters (lactones) is 1. The number of carbonyl (C=O) groups is 1. The number of fused-ring (bicyclic) bond motifs is 1. The lowest BCUT2D eigenvalue weighted by Gasteiger charge is -2.31. The van der Waals surface area contributed by atoms with Crippen LogP contribution in [0, 0.1) is 5.82 Å². The SMILES string of the molecule is COCCC1CN(CCCOc2cc3c(Nc4ccc(F)c(Cl)c4)ncnc3cc2OC)CC(=O)O1. The molecule has 1 N–H and O–H groups in total. The van der Waals surface area contributed by atoms with Gasteiger partial charge in [-0.15, -0.1) is 0 Å². The van der Waals surface area contributed by atoms with E-state index in [1.54, 1.807) is 32.4 Å². The van der Waals surface area contributed by atoms with Crippen LogP contribution < -0.4 is 14.8 Å². The molecule has 11 heteroatoms. The molecule has 0 saturated carbocycles. The fourth-order valence-electron chi connectivity index (χ4n) is 3.98. The molecule has 0 spiro atoms. The molecule has 36 heavy (non-hydrogen) atoms. The lowest BCUT2D eigenvalue weighted by molar-refractivity contribution is -0.159. The standard InChI is InChI=1S/C25H28ClFN4O5/c1-33-9-6-17-13-31(14-24(32)36-17)7-3-8-35-23-11-18-21(12-22(23)34-2)28-15-29-25(18)30-16-4-5-20(27)19(26)10-16/h4-5,10-12,15,17H,3,6-9,13-14H2,1-2H3,(H,28,29,30). The number of aromatic nitrogens is 2. The summed E-state index contributed by atoms with van der Waals surface area (Å²) in [5.41, 5.74) is 1.24. The van der Waals surface area contributed by atoms with Crippen molar-refractivity contribution in [1.82, 2.24) is 14.9 Å². The summed E-state index contributed by atoms with van der Waals surface area (Å²) < 4.78 is 35.6. The Balaban J connectivity index is 1.42. The molecule has 1 aromatic heterocycles. The normalized spacial score (nSPS) is 16.1. The number of carbonyl (C=O) groups excluding carboxylic acids is 1. The number of hydrogen-bond donors (Lipinski definition) is 1. The number of methoxy groups -OCH3 is 2. The van der Waals surface area contributed by atoms with Gasteiger partial charge in [-0.25, -0.2) is 14.4 Å². The van der Waals surface area contributed by atoms with E-state index >= 15 is 0 Å². The van der Waals surface area contributed by atoms with Crippen molar-refractivity contribution in [2.45, 2.75) is 18.9 Å². The van der Waals surface area contributed by atoms with E-state index in [4.69, 9.17) is 30.5 Å². The number of nitrogens with zero attached hydrogens (tertiary/aromatic N) is 3. The zero-order valence-electron chi connectivity index (χ0n) is 20.1. The van der Waals surface area contributed by atoms with Crippen molar-refractivity contribution in [1.29, 1.82) is 0 Å². The van der Waals surface area contributed by atoms with Gasteiger partial charge < -0.3 is 24.3 Å². The molecule has 2 heterocycles. The molecule has 192 valence electrons. The molecule has 1 aliphatic rings. The van der Waals surface area contributed by atoms with E-state index in [9.17, 15) is 9.18 Å². The number of esters is 1. The molecule has 0 aliphatic carbocycles. The number of rotatable bonds is 11. The molecule has 1 unspecified atom stereocenters. The van der Waals surface area contributed by atoms with Crippen LogP contribution in [0.5, 0.6) is 11.5 Å². The summed E-state index contributed by atoms with van der Waals surface area (Å²) in [6.45, 7) is 2.60. The Morgan fingerprint density at radius 3 is 2.83 bits per heavy atom. The van der Waals surface area contributed by atoms with Gasteiger partial charge in [0.05, 0.1) is 30.8 Å². The number of nitrogens with one attached hydrogen (secondary N) is 1. The smallest absolute Gasteiger partial charge is 0.320 e. The molecule has 1 fully saturated rings. The lowest BCUT2D eigenvalue weighted by Crippen LogP contribution is -2.46. The summed E-state index contributed by atoms with van der Waals surface area (Å²) in [6, 6.07) is 7.93. The molecule has 2 aromatic carbocycles. The van der Waals surface area contributed by atoms with Crippen LogP contribution in [-0.4, -0.2) is 74.0 Å². The van der Waals surface area contributed by atoms with E-state index in [1.165, 1.54) is 18.5 Å². The minimum Gasteiger partial charge on any atom is -0.493 e. The lowest BCUT2D eigenvalue weighted by atomic mass is 10.2. The van der Waals surface area contributed by atoms with Crippen molar-refractivity contribution >= 4 is 40.0 Å². The maximum absolute atomic E-state index is 13.5. The molecule has 4 rings (SSSR count). The zero-order valence-corrected chi connectivity index (χ0v) is 20.9. The van der Waals surface area contributed by atoms with Gasteiger partial charge in [-0.2, -0.15) is 0 Å². The van der Waals surface area contributed by atoms with Crippen LogP contribution in [0.3, 0.4) is 0 Å². The summed E-state index contributed by atoms with van der Waals surface area (Å²) in [4.78, 5) is 22.6. The third-order valence-corrected chi connectivity index (χ3v) is 6.03. The van der Waals surface area contributed by atoms with Crippen LogP contribution in [0.25, 0.3) is 10.9 Å². The number of ether oxygens (including phenoxy) is 4. The predicted molar refractivity (Wildman–Crippen MR) is 134 cm³/mol. The number of halogens is 2. The summed E-state index contributed by atoms with van der Waals surface area (Å²) >= 11 is 5.91. The molecule has 1 atom stereocenters. The van der Waals surface area contributed by atoms with Crippen LogP contribution in [0.1, 0.15) is 12.8 Å². The summed E-state index contributed by atoms with van der Waals surface area (Å²) in [7, 11) is 3.19. The fourth-order valence-corrected chi connectivity index (χ4v) is 4.16. The van der Waals surface area contributed by atoms with Crippen LogP contribution in [0.2, 0.25) is 5.02 Å². The van der Waals surface area contributed by atoms with Crippen molar-refractivity contribution in [3.05, 3.63) is 47.5 Å². The first-order valence-corrected chi connectivity index (χ1v) is 11.9. The van der Waals surface area contributed by atoms with Crippen LogP contribution in [0.15, 0.2) is 36.7 Å². The van der Waals surface area contributed by atoms with Gasteiger partial charge >= 0.3 is 5.97 Å². The summed E-state index contributed by atoms with van der Waals surface area (Å²) in [6.07, 6.45) is 2.65. The van der Waals surface area contributed by atoms with E-state index in [0.29, 0.717) is 73.1 Å². The first-order chi connectivity index (χ1) is 17.5. The van der Waals surface area contributed by atoms with Gasteiger partial charge in [0.1, 0.15) is 24.1 Å². The highest BCUT2D eigenvalue weighted by atomic mass is 35.5. The Hall–Kier alpha value is -3.21. The second-order valence-electron chi connectivity index (χ2n) is 8.33. The Labute approximate surface area is 213 Å². The van der Waals surface area contributed by atoms with Gasteiger partial charge in [-0.1, -0.05) is 11.6 Å². The number of morpholine rings is 1. The van der Waals surface area contributed by atoms with Crippen molar-refractivity contribution in [2.24, 2.45) is 0 Å². The quantitative estimate of drug-likeness (QED) is 0.296. The van der Waals surface area contributed by atoms with E-state index in [2.05, 4.69) is 20.2 Å². The first kappa shape index (κ1) is 25.9. The minimum atomic E-state index is -0.498. The highest BCUT2D eigenvalue weighted by Crippen LogP contribution is 2.35. The van der Waals surface area contributed by atoms with Gasteiger partial charge in [0.25, 0.3) is 0 Å². The van der Waals surface area contributed by atoms with E-state index in [-0.39, 0.29) is 23.6 Å². The monoisotopic (exact) mass is 518 g/mol. The molecule has 0 amide bonds. The molecular formula is C25H28ClFN4O5. The number of benzene rings is 2. The van der Waals surface area contributed by atoms with Crippen LogP contribution in [0.4, 0.5) is 15.9 Å². The molecule has 3 aromatic rings. The molecule has 1 saturated heterocycles. The second kappa shape index (κ2) is 12.2. The summed E-state index contributed by atoms with van der Waals surface area (Å²) in [5.74, 6) is 0.877. The van der Waals surface area contributed by atoms with Crippen molar-refractivity contribution < 1.29 is 28.1 Å². The average Bonchev–Trinajstić information content (AvgIpc) is 2.87. The Kier molecular flexibility index (Phi) is 8.74. The molecular weight excluding hydrogens is 491 g/mol. The predicted octanol–water partition coefficient (Wildman–Crippen LogP) is 4.21. The van der Waals surface area contributed by atoms with Gasteiger partial charge in [-0.05, 0) is 30.7 Å². The number of anilines is 2. The van der Waals surface area contributed by atoms with Gasteiger partial charge in [0.2, 0.25) is 0 Å². The zero-order chi connectivity index (χ0) is 25.5. The summed E-state index contributed by atoms with van der Waals surface area (Å²) in [5, 5.41) is 3.87. The minimum absolute atomic E-state index is 0.0102. The Morgan fingerprint density at radius 1 is 1.19 bits per heavy atom. The fraction of sp³-hybridized carbons (Fsp3) is 0.400. The van der Waals surface area contributed by atoms with E-state index in [1.807, 2.05) is 0 Å². The van der Waals surface area contributed by atoms with Crippen molar-refractivity contribution in [3.63, 3.8) is 0 Å². The maximum atomic E-state index is 13.5. The van der Waals surface area contributed by atoms with Crippen LogP contribution in [-0.2, 0) is 14.3 Å². The Morgan fingerprint density at radius 2 is 2.06 bits per heavy atom. The molecule has 0 bridgehead atoms.